The molecule has 0 unspecified atom stereocenters. The lowest BCUT2D eigenvalue weighted by atomic mass is 10.1. The van der Waals surface area contributed by atoms with E-state index in [-0.39, 0.29) is 18.4 Å². The first-order chi connectivity index (χ1) is 14.3. The predicted molar refractivity (Wildman–Crippen MR) is 110 cm³/mol. The summed E-state index contributed by atoms with van der Waals surface area (Å²) in [7, 11) is 1.83. The molecule has 3 aromatic heterocycles. The molecule has 3 aromatic rings. The van der Waals surface area contributed by atoms with Crippen molar-refractivity contribution in [2.45, 2.75) is 20.8 Å². The van der Waals surface area contributed by atoms with Gasteiger partial charge in [0.1, 0.15) is 5.76 Å². The molecule has 4 rings (SSSR count). The van der Waals surface area contributed by atoms with Crippen LogP contribution in [0.5, 0.6) is 0 Å². The van der Waals surface area contributed by atoms with Crippen LogP contribution in [0.1, 0.15) is 27.5 Å². The quantitative estimate of drug-likeness (QED) is 0.689. The highest BCUT2D eigenvalue weighted by atomic mass is 16.5. The number of anilines is 1. The van der Waals surface area contributed by atoms with Crippen LogP contribution in [0.3, 0.4) is 0 Å². The lowest BCUT2D eigenvalue weighted by molar-refractivity contribution is -0.117. The molecule has 0 spiro atoms. The van der Waals surface area contributed by atoms with Crippen LogP contribution in [0.15, 0.2) is 16.7 Å². The van der Waals surface area contributed by atoms with E-state index in [2.05, 4.69) is 20.6 Å². The third kappa shape index (κ3) is 3.90. The average Bonchev–Trinajstić information content (AvgIpc) is 3.23. The molecule has 10 nitrogen and oxygen atoms in total. The molecule has 1 saturated heterocycles. The van der Waals surface area contributed by atoms with Gasteiger partial charge in [0.15, 0.2) is 11.5 Å². The number of piperazine rings is 1. The second-order valence-corrected chi connectivity index (χ2v) is 7.66. The van der Waals surface area contributed by atoms with Crippen molar-refractivity contribution in [1.29, 1.82) is 0 Å². The molecular formula is C20H25N7O3. The van der Waals surface area contributed by atoms with Gasteiger partial charge in [0, 0.05) is 45.0 Å². The third-order valence-corrected chi connectivity index (χ3v) is 5.25. The van der Waals surface area contributed by atoms with E-state index in [1.54, 1.807) is 17.7 Å². The topological polar surface area (TPSA) is 109 Å². The van der Waals surface area contributed by atoms with E-state index in [0.29, 0.717) is 49.0 Å². The van der Waals surface area contributed by atoms with Crippen molar-refractivity contribution in [2.75, 3.05) is 38.0 Å². The maximum Gasteiger partial charge on any atom is 0.254 e. The van der Waals surface area contributed by atoms with Crippen LogP contribution < -0.4 is 5.32 Å². The molecule has 0 aliphatic carbocycles. The van der Waals surface area contributed by atoms with Gasteiger partial charge in [-0.25, -0.2) is 4.98 Å². The molecule has 0 saturated carbocycles. The van der Waals surface area contributed by atoms with Gasteiger partial charge in [-0.3, -0.25) is 19.2 Å². The Kier molecular flexibility index (Phi) is 5.25. The highest BCUT2D eigenvalue weighted by molar-refractivity contribution is 6.06. The summed E-state index contributed by atoms with van der Waals surface area (Å²) in [5, 5.41) is 11.7. The van der Waals surface area contributed by atoms with E-state index < -0.39 is 0 Å². The monoisotopic (exact) mass is 411 g/mol. The van der Waals surface area contributed by atoms with Gasteiger partial charge in [-0.05, 0) is 26.8 Å². The molecule has 2 amide bonds. The summed E-state index contributed by atoms with van der Waals surface area (Å²) in [6.45, 7) is 8.13. The summed E-state index contributed by atoms with van der Waals surface area (Å²) >= 11 is 0. The molecule has 0 radical (unpaired) electrons. The van der Waals surface area contributed by atoms with Crippen LogP contribution in [0.4, 0.5) is 5.82 Å². The van der Waals surface area contributed by atoms with Crippen molar-refractivity contribution in [3.05, 3.63) is 34.8 Å². The molecular weight excluding hydrogens is 386 g/mol. The Morgan fingerprint density at radius 1 is 1.13 bits per heavy atom. The van der Waals surface area contributed by atoms with Gasteiger partial charge < -0.3 is 14.7 Å². The zero-order chi connectivity index (χ0) is 21.4. The molecule has 0 bridgehead atoms. The van der Waals surface area contributed by atoms with Crippen molar-refractivity contribution in [1.82, 2.24) is 29.7 Å². The molecule has 1 aliphatic heterocycles. The van der Waals surface area contributed by atoms with Gasteiger partial charge in [-0.2, -0.15) is 5.10 Å². The average molecular weight is 411 g/mol. The minimum atomic E-state index is -0.152. The van der Waals surface area contributed by atoms with Crippen LogP contribution >= 0.6 is 0 Å². The van der Waals surface area contributed by atoms with Crippen LogP contribution in [0, 0.1) is 20.8 Å². The minimum Gasteiger partial charge on any atom is -0.360 e. The molecule has 0 atom stereocenters. The maximum absolute atomic E-state index is 13.2. The van der Waals surface area contributed by atoms with Gasteiger partial charge in [0.2, 0.25) is 5.91 Å². The van der Waals surface area contributed by atoms with Crippen LogP contribution in [-0.2, 0) is 11.8 Å². The van der Waals surface area contributed by atoms with Crippen LogP contribution in [0.25, 0.3) is 11.0 Å². The summed E-state index contributed by atoms with van der Waals surface area (Å²) in [5.74, 6) is 0.876. The van der Waals surface area contributed by atoms with Crippen molar-refractivity contribution in [2.24, 2.45) is 7.05 Å². The number of hydrogen-bond acceptors (Lipinski definition) is 7. The Morgan fingerprint density at radius 2 is 1.87 bits per heavy atom. The normalized spacial score (nSPS) is 15.0. The van der Waals surface area contributed by atoms with E-state index in [1.807, 2.05) is 36.8 Å². The number of hydrogen-bond donors (Lipinski definition) is 1. The smallest absolute Gasteiger partial charge is 0.254 e. The van der Waals surface area contributed by atoms with Crippen molar-refractivity contribution < 1.29 is 14.1 Å². The number of carbonyl (C=O) groups excluding carboxylic acids is 2. The predicted octanol–water partition coefficient (Wildman–Crippen LogP) is 1.28. The van der Waals surface area contributed by atoms with Crippen molar-refractivity contribution in [3.8, 4) is 0 Å². The van der Waals surface area contributed by atoms with Crippen molar-refractivity contribution >= 4 is 28.7 Å². The number of fused-ring (bicyclic) bond motifs is 1. The maximum atomic E-state index is 13.2. The molecule has 10 heteroatoms. The third-order valence-electron chi connectivity index (χ3n) is 5.25. The van der Waals surface area contributed by atoms with E-state index >= 15 is 0 Å². The Bertz CT molecular complexity index is 1110. The highest BCUT2D eigenvalue weighted by Crippen LogP contribution is 2.23. The number of rotatable bonds is 4. The van der Waals surface area contributed by atoms with Crippen LogP contribution in [0.2, 0.25) is 0 Å². The molecule has 158 valence electrons. The van der Waals surface area contributed by atoms with Crippen LogP contribution in [-0.4, -0.2) is 74.3 Å². The summed E-state index contributed by atoms with van der Waals surface area (Å²) in [5.41, 5.74) is 2.93. The van der Waals surface area contributed by atoms with Crippen molar-refractivity contribution in [3.63, 3.8) is 0 Å². The molecule has 4 heterocycles. The minimum absolute atomic E-state index is 0.0243. The number of nitrogens with zero attached hydrogens (tertiary/aromatic N) is 6. The van der Waals surface area contributed by atoms with Gasteiger partial charge in [-0.1, -0.05) is 5.16 Å². The summed E-state index contributed by atoms with van der Waals surface area (Å²) in [6.07, 6.45) is 0. The lowest BCUT2D eigenvalue weighted by Gasteiger charge is -2.34. The molecule has 1 N–H and O–H groups in total. The number of aryl methyl sites for hydroxylation is 4. The van der Waals surface area contributed by atoms with E-state index in [0.717, 1.165) is 16.8 Å². The van der Waals surface area contributed by atoms with Gasteiger partial charge in [-0.15, -0.1) is 0 Å². The first-order valence-electron chi connectivity index (χ1n) is 9.87. The molecule has 1 fully saturated rings. The van der Waals surface area contributed by atoms with E-state index in [1.165, 1.54) is 0 Å². The lowest BCUT2D eigenvalue weighted by Crippen LogP contribution is -2.50. The van der Waals surface area contributed by atoms with E-state index in [4.69, 9.17) is 4.52 Å². The SMILES string of the molecule is Cc1cc(C(=O)N2CCN(CC(=O)Nc3cc(C)on3)CC2)c2c(C)nn(C)c2n1. The standard InChI is InChI=1S/C20H25N7O3/c1-12-9-15(18-14(3)23-25(4)19(18)21-12)20(29)27-7-5-26(6-8-27)11-17(28)22-16-10-13(2)30-24-16/h9-10H,5-8,11H2,1-4H3,(H,22,24,28). The summed E-state index contributed by atoms with van der Waals surface area (Å²) in [6, 6.07) is 3.51. The number of pyridine rings is 1. The zero-order valence-corrected chi connectivity index (χ0v) is 17.6. The fraction of sp³-hybridized carbons (Fsp3) is 0.450. The van der Waals surface area contributed by atoms with Gasteiger partial charge in [0.05, 0.1) is 23.2 Å². The fourth-order valence-electron chi connectivity index (χ4n) is 3.83. The molecule has 0 aromatic carbocycles. The second kappa shape index (κ2) is 7.86. The van der Waals surface area contributed by atoms with Gasteiger partial charge >= 0.3 is 0 Å². The zero-order valence-electron chi connectivity index (χ0n) is 17.6. The highest BCUT2D eigenvalue weighted by Gasteiger charge is 2.26. The Hall–Kier alpha value is -3.27. The second-order valence-electron chi connectivity index (χ2n) is 7.66. The largest absolute Gasteiger partial charge is 0.360 e. The Labute approximate surface area is 173 Å². The summed E-state index contributed by atoms with van der Waals surface area (Å²) in [4.78, 5) is 33.8. The number of nitrogens with one attached hydrogen (secondary N) is 1. The first kappa shape index (κ1) is 20.0. The fourth-order valence-corrected chi connectivity index (χ4v) is 3.83. The number of aromatic nitrogens is 4. The Balaban J connectivity index is 1.40. The molecule has 1 aliphatic rings. The van der Waals surface area contributed by atoms with Gasteiger partial charge in [0.25, 0.3) is 5.91 Å². The van der Waals surface area contributed by atoms with E-state index in [9.17, 15) is 9.59 Å². The molecule has 30 heavy (non-hydrogen) atoms. The first-order valence-corrected chi connectivity index (χ1v) is 9.87. The number of carbonyl (C=O) groups is 2. The number of amides is 2. The Morgan fingerprint density at radius 3 is 2.53 bits per heavy atom. The summed E-state index contributed by atoms with van der Waals surface area (Å²) < 4.78 is 6.66.